The third-order valence-electron chi connectivity index (χ3n) is 3.65. The number of anilines is 1. The van der Waals surface area contributed by atoms with Crippen LogP contribution in [0.2, 0.25) is 0 Å². The number of nitrogens with zero attached hydrogens (tertiary/aromatic N) is 4. The second-order valence-electron chi connectivity index (χ2n) is 5.10. The topological polar surface area (TPSA) is 95.1 Å². The highest BCUT2D eigenvalue weighted by molar-refractivity contribution is 5.91. The van der Waals surface area contributed by atoms with E-state index in [0.717, 1.165) is 12.8 Å². The molecule has 1 aliphatic heterocycles. The first kappa shape index (κ1) is 14.1. The van der Waals surface area contributed by atoms with Gasteiger partial charge in [-0.05, 0) is 37.1 Å². The number of carbonyl (C=O) groups excluding carboxylic acids is 1. The van der Waals surface area contributed by atoms with E-state index in [9.17, 15) is 4.79 Å². The Morgan fingerprint density at radius 2 is 2.14 bits per heavy atom. The number of likely N-dealkylation sites (tertiary alicyclic amines) is 1. The van der Waals surface area contributed by atoms with Gasteiger partial charge in [-0.1, -0.05) is 0 Å². The number of carbonyl (C=O) groups is 1. The summed E-state index contributed by atoms with van der Waals surface area (Å²) in [7, 11) is 0. The van der Waals surface area contributed by atoms with Crippen molar-refractivity contribution in [2.24, 2.45) is 0 Å². The minimum Gasteiger partial charge on any atom is -0.459 e. The van der Waals surface area contributed by atoms with E-state index in [2.05, 4.69) is 15.5 Å². The lowest BCUT2D eigenvalue weighted by atomic mass is 10.0. The van der Waals surface area contributed by atoms with Crippen molar-refractivity contribution in [1.82, 2.24) is 15.1 Å². The van der Waals surface area contributed by atoms with E-state index in [1.54, 1.807) is 29.2 Å². The summed E-state index contributed by atoms with van der Waals surface area (Å²) in [5.41, 5.74) is 0.296. The Hall–Kier alpha value is -2.88. The molecule has 2 aromatic rings. The molecular weight excluding hydrogens is 282 g/mol. The SMILES string of the molecule is N#Cc1ccc(NC2CCN(C(=O)c3ccco3)CC2)nn1. The molecule has 3 heterocycles. The molecular formula is C15H15N5O2. The van der Waals surface area contributed by atoms with Crippen LogP contribution in [0.15, 0.2) is 34.9 Å². The monoisotopic (exact) mass is 297 g/mol. The van der Waals surface area contributed by atoms with Crippen molar-refractivity contribution in [2.45, 2.75) is 18.9 Å². The summed E-state index contributed by atoms with van der Waals surface area (Å²) in [6.07, 6.45) is 3.16. The molecule has 1 aliphatic rings. The first-order chi connectivity index (χ1) is 10.8. The number of hydrogen-bond donors (Lipinski definition) is 1. The Balaban J connectivity index is 1.53. The van der Waals surface area contributed by atoms with E-state index in [-0.39, 0.29) is 11.9 Å². The molecule has 0 aliphatic carbocycles. The predicted molar refractivity (Wildman–Crippen MR) is 78.0 cm³/mol. The molecule has 1 N–H and O–H groups in total. The van der Waals surface area contributed by atoms with Gasteiger partial charge in [0.1, 0.15) is 11.9 Å². The Labute approximate surface area is 127 Å². The van der Waals surface area contributed by atoms with E-state index < -0.39 is 0 Å². The number of nitrogens with one attached hydrogen (secondary N) is 1. The van der Waals surface area contributed by atoms with Gasteiger partial charge in [0.25, 0.3) is 5.91 Å². The largest absolute Gasteiger partial charge is 0.459 e. The smallest absolute Gasteiger partial charge is 0.289 e. The standard InChI is InChI=1S/C15H15N5O2/c16-10-12-3-4-14(19-18-12)17-11-5-7-20(8-6-11)15(21)13-2-1-9-22-13/h1-4,9,11H,5-8H2,(H,17,19). The quantitative estimate of drug-likeness (QED) is 0.925. The van der Waals surface area contributed by atoms with Crippen LogP contribution < -0.4 is 5.32 Å². The number of rotatable bonds is 3. The molecule has 0 bridgehead atoms. The zero-order valence-electron chi connectivity index (χ0n) is 11.9. The Morgan fingerprint density at radius 3 is 2.73 bits per heavy atom. The molecule has 0 aromatic carbocycles. The van der Waals surface area contributed by atoms with E-state index in [1.807, 2.05) is 6.07 Å². The molecule has 22 heavy (non-hydrogen) atoms. The van der Waals surface area contributed by atoms with Crippen molar-refractivity contribution in [3.05, 3.63) is 42.0 Å². The number of nitriles is 1. The Bertz CT molecular complexity index is 667. The van der Waals surface area contributed by atoms with Gasteiger partial charge < -0.3 is 14.6 Å². The summed E-state index contributed by atoms with van der Waals surface area (Å²) < 4.78 is 5.14. The summed E-state index contributed by atoms with van der Waals surface area (Å²) >= 11 is 0. The van der Waals surface area contributed by atoms with Crippen molar-refractivity contribution in [2.75, 3.05) is 18.4 Å². The lowest BCUT2D eigenvalue weighted by molar-refractivity contribution is 0.0686. The van der Waals surface area contributed by atoms with Gasteiger partial charge in [-0.15, -0.1) is 10.2 Å². The number of aromatic nitrogens is 2. The summed E-state index contributed by atoms with van der Waals surface area (Å²) in [5, 5.41) is 19.7. The molecule has 7 nitrogen and oxygen atoms in total. The summed E-state index contributed by atoms with van der Waals surface area (Å²) in [6.45, 7) is 1.34. The molecule has 0 atom stereocenters. The maximum absolute atomic E-state index is 12.2. The van der Waals surface area contributed by atoms with E-state index in [0.29, 0.717) is 30.4 Å². The molecule has 1 fully saturated rings. The van der Waals surface area contributed by atoms with Crippen LogP contribution in [0, 0.1) is 11.3 Å². The zero-order chi connectivity index (χ0) is 15.4. The molecule has 0 radical (unpaired) electrons. The van der Waals surface area contributed by atoms with Crippen molar-refractivity contribution in [3.8, 4) is 6.07 Å². The zero-order valence-corrected chi connectivity index (χ0v) is 11.9. The van der Waals surface area contributed by atoms with Gasteiger partial charge in [0.05, 0.1) is 6.26 Å². The van der Waals surface area contributed by atoms with Crippen molar-refractivity contribution < 1.29 is 9.21 Å². The first-order valence-electron chi connectivity index (χ1n) is 7.09. The Kier molecular flexibility index (Phi) is 4.01. The van der Waals surface area contributed by atoms with Gasteiger partial charge in [-0.25, -0.2) is 0 Å². The van der Waals surface area contributed by atoms with Crippen LogP contribution in [-0.4, -0.2) is 40.1 Å². The molecule has 1 saturated heterocycles. The average Bonchev–Trinajstić information content (AvgIpc) is 3.10. The van der Waals surface area contributed by atoms with Crippen LogP contribution in [-0.2, 0) is 0 Å². The highest BCUT2D eigenvalue weighted by atomic mass is 16.3. The molecule has 1 amide bonds. The highest BCUT2D eigenvalue weighted by Crippen LogP contribution is 2.17. The third kappa shape index (κ3) is 3.06. The minimum absolute atomic E-state index is 0.0679. The molecule has 3 rings (SSSR count). The normalized spacial score (nSPS) is 15.3. The van der Waals surface area contributed by atoms with Crippen LogP contribution in [0.4, 0.5) is 5.82 Å². The predicted octanol–water partition coefficient (Wildman–Crippen LogP) is 1.66. The second kappa shape index (κ2) is 6.26. The summed E-state index contributed by atoms with van der Waals surface area (Å²) in [6, 6.07) is 8.94. The lowest BCUT2D eigenvalue weighted by Gasteiger charge is -2.32. The average molecular weight is 297 g/mol. The van der Waals surface area contributed by atoms with Crippen LogP contribution in [0.25, 0.3) is 0 Å². The number of piperidine rings is 1. The van der Waals surface area contributed by atoms with Gasteiger partial charge in [-0.3, -0.25) is 4.79 Å². The second-order valence-corrected chi connectivity index (χ2v) is 5.10. The van der Waals surface area contributed by atoms with Gasteiger partial charge in [-0.2, -0.15) is 5.26 Å². The number of furan rings is 1. The minimum atomic E-state index is -0.0679. The van der Waals surface area contributed by atoms with Gasteiger partial charge in [0.2, 0.25) is 0 Å². The van der Waals surface area contributed by atoms with Gasteiger partial charge >= 0.3 is 0 Å². The fourth-order valence-electron chi connectivity index (χ4n) is 2.46. The van der Waals surface area contributed by atoms with Crippen LogP contribution in [0.5, 0.6) is 0 Å². The van der Waals surface area contributed by atoms with Crippen molar-refractivity contribution >= 4 is 11.7 Å². The van der Waals surface area contributed by atoms with Crippen LogP contribution >= 0.6 is 0 Å². The fraction of sp³-hybridized carbons (Fsp3) is 0.333. The maximum atomic E-state index is 12.2. The fourth-order valence-corrected chi connectivity index (χ4v) is 2.46. The first-order valence-corrected chi connectivity index (χ1v) is 7.09. The molecule has 2 aromatic heterocycles. The van der Waals surface area contributed by atoms with Crippen LogP contribution in [0.1, 0.15) is 29.1 Å². The van der Waals surface area contributed by atoms with Gasteiger partial charge in [0.15, 0.2) is 11.5 Å². The van der Waals surface area contributed by atoms with E-state index >= 15 is 0 Å². The Morgan fingerprint density at radius 1 is 1.32 bits per heavy atom. The molecule has 0 unspecified atom stereocenters. The van der Waals surface area contributed by atoms with Crippen LogP contribution in [0.3, 0.4) is 0 Å². The van der Waals surface area contributed by atoms with Crippen molar-refractivity contribution in [3.63, 3.8) is 0 Å². The summed E-state index contributed by atoms with van der Waals surface area (Å²) in [5.74, 6) is 0.959. The maximum Gasteiger partial charge on any atom is 0.289 e. The highest BCUT2D eigenvalue weighted by Gasteiger charge is 2.25. The molecule has 7 heteroatoms. The molecule has 0 saturated carbocycles. The lowest BCUT2D eigenvalue weighted by Crippen LogP contribution is -2.42. The van der Waals surface area contributed by atoms with E-state index in [4.69, 9.17) is 9.68 Å². The molecule has 0 spiro atoms. The number of amides is 1. The van der Waals surface area contributed by atoms with Gasteiger partial charge in [0, 0.05) is 19.1 Å². The van der Waals surface area contributed by atoms with E-state index in [1.165, 1.54) is 6.26 Å². The van der Waals surface area contributed by atoms with Crippen molar-refractivity contribution in [1.29, 1.82) is 5.26 Å². The number of hydrogen-bond acceptors (Lipinski definition) is 6. The summed E-state index contributed by atoms with van der Waals surface area (Å²) in [4.78, 5) is 13.9. The third-order valence-corrected chi connectivity index (χ3v) is 3.65. The molecule has 112 valence electrons.